The molecule has 0 saturated carbocycles. The van der Waals surface area contributed by atoms with Gasteiger partial charge >= 0.3 is 6.09 Å². The fourth-order valence-electron chi connectivity index (χ4n) is 3.94. The van der Waals surface area contributed by atoms with Crippen molar-refractivity contribution in [2.45, 2.75) is 49.7 Å². The fourth-order valence-corrected chi connectivity index (χ4v) is 5.29. The molecule has 2 aromatic carbocycles. The molecule has 0 bridgehead atoms. The Morgan fingerprint density at radius 3 is 2.44 bits per heavy atom. The van der Waals surface area contributed by atoms with Crippen LogP contribution in [0.3, 0.4) is 0 Å². The van der Waals surface area contributed by atoms with Crippen LogP contribution in [0.2, 0.25) is 5.02 Å². The van der Waals surface area contributed by atoms with Crippen LogP contribution >= 0.6 is 23.4 Å². The predicted octanol–water partition coefficient (Wildman–Crippen LogP) is 2.88. The summed E-state index contributed by atoms with van der Waals surface area (Å²) in [6, 6.07) is 14.2. The van der Waals surface area contributed by atoms with Crippen molar-refractivity contribution in [2.24, 2.45) is 0 Å². The Morgan fingerprint density at radius 2 is 1.79 bits per heavy atom. The van der Waals surface area contributed by atoms with E-state index in [0.29, 0.717) is 5.02 Å². The molecule has 1 aliphatic rings. The van der Waals surface area contributed by atoms with E-state index < -0.39 is 34.9 Å². The van der Waals surface area contributed by atoms with Gasteiger partial charge in [-0.2, -0.15) is 0 Å². The number of hydrogen-bond donors (Lipinski definition) is 4. The summed E-state index contributed by atoms with van der Waals surface area (Å²) in [5.41, 5.74) is 1.51. The summed E-state index contributed by atoms with van der Waals surface area (Å²) in [6.07, 6.45) is -2.89. The summed E-state index contributed by atoms with van der Waals surface area (Å²) < 4.78 is -0.616. The van der Waals surface area contributed by atoms with Crippen LogP contribution in [0.25, 0.3) is 0 Å². The van der Waals surface area contributed by atoms with Gasteiger partial charge in [-0.3, -0.25) is 9.59 Å². The first-order chi connectivity index (χ1) is 16.1. The minimum atomic E-state index is -1.66. The number of carbonyl (C=O) groups is 3. The molecule has 2 aromatic rings. The Labute approximate surface area is 207 Å². The minimum absolute atomic E-state index is 0.119. The van der Waals surface area contributed by atoms with Crippen LogP contribution in [-0.2, 0) is 22.6 Å². The number of nitrogens with one attached hydrogen (secondary N) is 2. The summed E-state index contributed by atoms with van der Waals surface area (Å²) in [5, 5.41) is 25.8. The molecule has 34 heavy (non-hydrogen) atoms. The van der Waals surface area contributed by atoms with Gasteiger partial charge in [0.2, 0.25) is 5.91 Å². The van der Waals surface area contributed by atoms with Gasteiger partial charge in [0.25, 0.3) is 5.91 Å². The van der Waals surface area contributed by atoms with Crippen molar-refractivity contribution in [1.29, 1.82) is 0 Å². The van der Waals surface area contributed by atoms with Gasteiger partial charge in [0.05, 0.1) is 11.9 Å². The number of thioether (sulfide) groups is 1. The molecule has 10 heteroatoms. The Morgan fingerprint density at radius 1 is 1.15 bits per heavy atom. The summed E-state index contributed by atoms with van der Waals surface area (Å²) >= 11 is 7.59. The number of aliphatic hydroxyl groups excluding tert-OH is 1. The number of carboxylic acid groups (broad SMARTS) is 1. The number of benzene rings is 2. The number of hydrogen-bond acceptors (Lipinski definition) is 5. The quantitative estimate of drug-likeness (QED) is 0.438. The fraction of sp³-hybridized carbons (Fsp3) is 0.375. The van der Waals surface area contributed by atoms with Gasteiger partial charge in [-0.25, -0.2) is 4.79 Å². The maximum Gasteiger partial charge on any atom is 0.404 e. The molecule has 0 spiro atoms. The number of halogens is 1. The second-order valence-electron chi connectivity index (χ2n) is 8.59. The third-order valence-corrected chi connectivity index (χ3v) is 7.47. The maximum atomic E-state index is 13.3. The van der Waals surface area contributed by atoms with Gasteiger partial charge in [0, 0.05) is 16.3 Å². The van der Waals surface area contributed by atoms with Crippen LogP contribution in [-0.4, -0.2) is 61.8 Å². The molecular weight excluding hydrogens is 478 g/mol. The average Bonchev–Trinajstić information content (AvgIpc) is 3.12. The molecular formula is C24H28ClN3O5S. The highest BCUT2D eigenvalue weighted by molar-refractivity contribution is 8.00. The molecule has 0 aromatic heterocycles. The summed E-state index contributed by atoms with van der Waals surface area (Å²) in [6.45, 7) is 3.90. The van der Waals surface area contributed by atoms with Crippen molar-refractivity contribution in [3.05, 3.63) is 70.7 Å². The Hall–Kier alpha value is -2.75. The highest BCUT2D eigenvalue weighted by Gasteiger charge is 2.49. The number of amides is 3. The van der Waals surface area contributed by atoms with Gasteiger partial charge in [-0.15, -0.1) is 11.8 Å². The lowest BCUT2D eigenvalue weighted by molar-refractivity contribution is -0.147. The first-order valence-corrected chi connectivity index (χ1v) is 12.1. The smallest absolute Gasteiger partial charge is 0.404 e. The highest BCUT2D eigenvalue weighted by atomic mass is 35.5. The minimum Gasteiger partial charge on any atom is -0.465 e. The highest BCUT2D eigenvalue weighted by Crippen LogP contribution is 2.40. The molecule has 1 aliphatic heterocycles. The zero-order valence-electron chi connectivity index (χ0n) is 18.9. The standard InChI is InChI=1S/C24H28ClN3O5S/c1-24(2)20(21(30)26-13-16-10-6-7-11-17(16)25)28(14-34-24)22(31)19(29)18(27-23(32)33)12-15-8-4-3-5-9-15/h3-11,18-20,27,29H,12-14H2,1-2H3,(H,26,30)(H,32,33). The molecule has 1 saturated heterocycles. The lowest BCUT2D eigenvalue weighted by Crippen LogP contribution is -2.58. The van der Waals surface area contributed by atoms with Crippen LogP contribution < -0.4 is 10.6 Å². The molecule has 8 nitrogen and oxygen atoms in total. The second kappa shape index (κ2) is 11.1. The zero-order chi connectivity index (χ0) is 24.9. The van der Waals surface area contributed by atoms with E-state index in [9.17, 15) is 24.6 Å². The number of aliphatic hydroxyl groups is 1. The average molecular weight is 506 g/mol. The Balaban J connectivity index is 1.76. The van der Waals surface area contributed by atoms with Gasteiger partial charge < -0.3 is 25.7 Å². The van der Waals surface area contributed by atoms with Gasteiger partial charge in [0.1, 0.15) is 6.04 Å². The summed E-state index contributed by atoms with van der Waals surface area (Å²) in [4.78, 5) is 39.2. The molecule has 1 fully saturated rings. The summed E-state index contributed by atoms with van der Waals surface area (Å²) in [5.74, 6) is -0.884. The largest absolute Gasteiger partial charge is 0.465 e. The normalized spacial score (nSPS) is 18.7. The predicted molar refractivity (Wildman–Crippen MR) is 132 cm³/mol. The first-order valence-electron chi connectivity index (χ1n) is 10.8. The van der Waals surface area contributed by atoms with Crippen molar-refractivity contribution < 1.29 is 24.6 Å². The van der Waals surface area contributed by atoms with E-state index in [0.717, 1.165) is 11.1 Å². The first kappa shape index (κ1) is 25.9. The van der Waals surface area contributed by atoms with E-state index in [1.807, 2.05) is 26.0 Å². The van der Waals surface area contributed by atoms with Gasteiger partial charge in [-0.1, -0.05) is 60.1 Å². The van der Waals surface area contributed by atoms with E-state index in [1.165, 1.54) is 16.7 Å². The third-order valence-electron chi connectivity index (χ3n) is 5.73. The molecule has 1 heterocycles. The molecule has 3 rings (SSSR count). The van der Waals surface area contributed by atoms with Gasteiger partial charge in [-0.05, 0) is 37.5 Å². The van der Waals surface area contributed by atoms with E-state index in [4.69, 9.17) is 11.6 Å². The Kier molecular flexibility index (Phi) is 8.46. The zero-order valence-corrected chi connectivity index (χ0v) is 20.5. The lowest BCUT2D eigenvalue weighted by atomic mass is 9.97. The molecule has 3 atom stereocenters. The molecule has 4 N–H and O–H groups in total. The number of nitrogens with zero attached hydrogens (tertiary/aromatic N) is 1. The van der Waals surface area contributed by atoms with Crippen LogP contribution in [0.15, 0.2) is 54.6 Å². The SMILES string of the molecule is CC1(C)SCN(C(=O)C(O)C(Cc2ccccc2)NC(=O)O)C1C(=O)NCc1ccccc1Cl. The second-order valence-corrected chi connectivity index (χ2v) is 10.6. The molecule has 3 unspecified atom stereocenters. The van der Waals surface area contributed by atoms with Crippen molar-refractivity contribution in [2.75, 3.05) is 5.88 Å². The molecule has 3 amide bonds. The van der Waals surface area contributed by atoms with E-state index >= 15 is 0 Å². The van der Waals surface area contributed by atoms with Crippen LogP contribution in [0.5, 0.6) is 0 Å². The number of rotatable bonds is 8. The maximum absolute atomic E-state index is 13.3. The van der Waals surface area contributed by atoms with Crippen LogP contribution in [0.4, 0.5) is 4.79 Å². The van der Waals surface area contributed by atoms with Crippen molar-refractivity contribution >= 4 is 41.3 Å². The lowest BCUT2D eigenvalue weighted by Gasteiger charge is -2.33. The van der Waals surface area contributed by atoms with Crippen LogP contribution in [0.1, 0.15) is 25.0 Å². The molecule has 0 radical (unpaired) electrons. The van der Waals surface area contributed by atoms with Crippen molar-refractivity contribution in [3.63, 3.8) is 0 Å². The molecule has 0 aliphatic carbocycles. The van der Waals surface area contributed by atoms with E-state index in [2.05, 4.69) is 10.6 Å². The van der Waals surface area contributed by atoms with E-state index in [1.54, 1.807) is 42.5 Å². The Bertz CT molecular complexity index is 1040. The van der Waals surface area contributed by atoms with Crippen molar-refractivity contribution in [3.8, 4) is 0 Å². The third kappa shape index (κ3) is 6.22. The van der Waals surface area contributed by atoms with Gasteiger partial charge in [0.15, 0.2) is 6.10 Å². The van der Waals surface area contributed by atoms with Crippen LogP contribution in [0, 0.1) is 0 Å². The van der Waals surface area contributed by atoms with Crippen molar-refractivity contribution in [1.82, 2.24) is 15.5 Å². The number of carbonyl (C=O) groups excluding carboxylic acids is 2. The topological polar surface area (TPSA) is 119 Å². The summed E-state index contributed by atoms with van der Waals surface area (Å²) in [7, 11) is 0. The van der Waals surface area contributed by atoms with E-state index in [-0.39, 0.29) is 24.7 Å². The monoisotopic (exact) mass is 505 g/mol. The molecule has 182 valence electrons.